The molecule has 8 nitrogen and oxygen atoms in total. The van der Waals surface area contributed by atoms with Gasteiger partial charge in [0.15, 0.2) is 0 Å². The monoisotopic (exact) mass is 568 g/mol. The maximum atomic E-state index is 13.4. The maximum Gasteiger partial charge on any atom is 0.417 e. The third-order valence-corrected chi connectivity index (χ3v) is 7.52. The molecule has 1 saturated heterocycles. The third kappa shape index (κ3) is 6.60. The number of piperazine rings is 1. The number of rotatable bonds is 9. The van der Waals surface area contributed by atoms with E-state index in [1.54, 1.807) is 31.4 Å². The van der Waals surface area contributed by atoms with Crippen molar-refractivity contribution < 1.29 is 32.3 Å². The Labute approximate surface area is 236 Å². The summed E-state index contributed by atoms with van der Waals surface area (Å²) in [5.41, 5.74) is -0.803. The van der Waals surface area contributed by atoms with E-state index >= 15 is 0 Å². The number of carbonyl (C=O) groups excluding carboxylic acids is 3. The molecule has 0 N–H and O–H groups in total. The lowest BCUT2D eigenvalue weighted by Gasteiger charge is -2.34. The molecule has 0 radical (unpaired) electrons. The van der Waals surface area contributed by atoms with Gasteiger partial charge in [-0.25, -0.2) is 4.90 Å². The van der Waals surface area contributed by atoms with Crippen molar-refractivity contribution in [1.29, 1.82) is 5.26 Å². The summed E-state index contributed by atoms with van der Waals surface area (Å²) in [6, 6.07) is 11.4. The van der Waals surface area contributed by atoms with Crippen LogP contribution in [-0.4, -0.2) is 67.4 Å². The second-order valence-electron chi connectivity index (χ2n) is 10.1. The predicted octanol–water partition coefficient (Wildman–Crippen LogP) is 4.79. The third-order valence-electron chi connectivity index (χ3n) is 7.52. The van der Waals surface area contributed by atoms with Crippen molar-refractivity contribution >= 4 is 23.4 Å². The van der Waals surface area contributed by atoms with Gasteiger partial charge in [0.25, 0.3) is 17.7 Å². The predicted molar refractivity (Wildman–Crippen MR) is 145 cm³/mol. The van der Waals surface area contributed by atoms with Gasteiger partial charge in [0.05, 0.1) is 30.0 Å². The second-order valence-corrected chi connectivity index (χ2v) is 10.1. The SMILES string of the molecule is COc1ccc(C(=O)N2CCN(CCCCCC3=C(C)C(=O)N(c4ccc(C#N)c(C(F)(F)F)c4)C3=O)CC2)cc1. The molecular formula is C30H31F3N4O4. The lowest BCUT2D eigenvalue weighted by Crippen LogP contribution is -2.48. The summed E-state index contributed by atoms with van der Waals surface area (Å²) in [4.78, 5) is 43.5. The Morgan fingerprint density at radius 2 is 1.66 bits per heavy atom. The Bertz CT molecular complexity index is 1390. The second kappa shape index (κ2) is 12.6. The topological polar surface area (TPSA) is 93.9 Å². The molecule has 0 aromatic heterocycles. The van der Waals surface area contributed by atoms with Gasteiger partial charge in [0, 0.05) is 42.9 Å². The zero-order valence-electron chi connectivity index (χ0n) is 23.0. The van der Waals surface area contributed by atoms with Gasteiger partial charge in [0.1, 0.15) is 5.75 Å². The highest BCUT2D eigenvalue weighted by atomic mass is 19.4. The highest BCUT2D eigenvalue weighted by molar-refractivity contribution is 6.32. The number of imide groups is 1. The lowest BCUT2D eigenvalue weighted by atomic mass is 10.0. The minimum atomic E-state index is -4.79. The molecular weight excluding hydrogens is 537 g/mol. The average Bonchev–Trinajstić information content (AvgIpc) is 3.18. The first-order chi connectivity index (χ1) is 19.5. The highest BCUT2D eigenvalue weighted by Crippen LogP contribution is 2.37. The number of nitriles is 1. The number of carbonyl (C=O) groups is 3. The Hall–Kier alpha value is -4.17. The Balaban J connectivity index is 1.23. The molecule has 2 aliphatic heterocycles. The first kappa shape index (κ1) is 29.8. The van der Waals surface area contributed by atoms with Gasteiger partial charge >= 0.3 is 6.18 Å². The summed E-state index contributed by atoms with van der Waals surface area (Å²) in [5, 5.41) is 9.01. The number of ether oxygens (including phenoxy) is 1. The molecule has 11 heteroatoms. The summed E-state index contributed by atoms with van der Waals surface area (Å²) < 4.78 is 45.3. The van der Waals surface area contributed by atoms with Crippen LogP contribution in [0.1, 0.15) is 54.1 Å². The molecule has 2 aromatic carbocycles. The van der Waals surface area contributed by atoms with Gasteiger partial charge in [-0.2, -0.15) is 18.4 Å². The average molecular weight is 569 g/mol. The maximum absolute atomic E-state index is 13.4. The summed E-state index contributed by atoms with van der Waals surface area (Å²) >= 11 is 0. The van der Waals surface area contributed by atoms with Crippen LogP contribution in [0.3, 0.4) is 0 Å². The summed E-state index contributed by atoms with van der Waals surface area (Å²) in [7, 11) is 1.58. The largest absolute Gasteiger partial charge is 0.497 e. The first-order valence-corrected chi connectivity index (χ1v) is 13.4. The molecule has 0 spiro atoms. The standard InChI is InChI=1S/C30H31F3N4O4/c1-20-25(29(40)37(27(20)38)23-10-7-22(19-34)26(18-23)30(31,32)33)6-4-3-5-13-35-14-16-36(17-15-35)28(39)21-8-11-24(41-2)12-9-21/h7-12,18H,3-6,13-17H2,1-2H3. The zero-order chi connectivity index (χ0) is 29.7. The van der Waals surface area contributed by atoms with E-state index in [1.807, 2.05) is 4.90 Å². The minimum Gasteiger partial charge on any atom is -0.497 e. The van der Waals surface area contributed by atoms with E-state index in [4.69, 9.17) is 10.00 Å². The van der Waals surface area contributed by atoms with E-state index in [0.717, 1.165) is 43.4 Å². The van der Waals surface area contributed by atoms with E-state index in [1.165, 1.54) is 19.1 Å². The summed E-state index contributed by atoms with van der Waals surface area (Å²) in [5.74, 6) is -0.575. The Morgan fingerprint density at radius 3 is 2.27 bits per heavy atom. The smallest absolute Gasteiger partial charge is 0.417 e. The molecule has 0 atom stereocenters. The molecule has 0 saturated carbocycles. The molecule has 41 heavy (non-hydrogen) atoms. The van der Waals surface area contributed by atoms with E-state index in [0.29, 0.717) is 48.9 Å². The van der Waals surface area contributed by atoms with Crippen LogP contribution in [0, 0.1) is 11.3 Å². The molecule has 2 heterocycles. The number of amides is 3. The van der Waals surface area contributed by atoms with Crippen LogP contribution in [0.4, 0.5) is 18.9 Å². The number of hydrogen-bond acceptors (Lipinski definition) is 6. The number of unbranched alkanes of at least 4 members (excludes halogenated alkanes) is 2. The number of anilines is 1. The lowest BCUT2D eigenvalue weighted by molar-refractivity contribution is -0.138. The number of hydrogen-bond donors (Lipinski definition) is 0. The molecule has 0 unspecified atom stereocenters. The fourth-order valence-corrected chi connectivity index (χ4v) is 5.12. The molecule has 4 rings (SSSR count). The van der Waals surface area contributed by atoms with Crippen LogP contribution in [0.15, 0.2) is 53.6 Å². The zero-order valence-corrected chi connectivity index (χ0v) is 23.0. The van der Waals surface area contributed by atoms with E-state index in [2.05, 4.69) is 4.90 Å². The molecule has 0 aliphatic carbocycles. The highest BCUT2D eigenvalue weighted by Gasteiger charge is 2.39. The molecule has 216 valence electrons. The fraction of sp³-hybridized carbons (Fsp3) is 0.400. The van der Waals surface area contributed by atoms with Crippen molar-refractivity contribution in [2.75, 3.05) is 44.7 Å². The molecule has 2 aliphatic rings. The van der Waals surface area contributed by atoms with Crippen molar-refractivity contribution in [3.8, 4) is 11.8 Å². The van der Waals surface area contributed by atoms with Crippen LogP contribution in [-0.2, 0) is 15.8 Å². The molecule has 0 bridgehead atoms. The number of alkyl halides is 3. The number of methoxy groups -OCH3 is 1. The summed E-state index contributed by atoms with van der Waals surface area (Å²) in [6.07, 6.45) is -2.12. The molecule has 2 aromatic rings. The van der Waals surface area contributed by atoms with Crippen LogP contribution in [0.2, 0.25) is 0 Å². The van der Waals surface area contributed by atoms with Crippen molar-refractivity contribution in [3.05, 3.63) is 70.3 Å². The van der Waals surface area contributed by atoms with Gasteiger partial charge in [-0.1, -0.05) is 6.42 Å². The van der Waals surface area contributed by atoms with E-state index in [-0.39, 0.29) is 17.2 Å². The number of halogens is 3. The molecule has 3 amide bonds. The van der Waals surface area contributed by atoms with Gasteiger partial charge in [-0.15, -0.1) is 0 Å². The quantitative estimate of drug-likeness (QED) is 0.319. The minimum absolute atomic E-state index is 0.00333. The van der Waals surface area contributed by atoms with Crippen molar-refractivity contribution in [2.45, 2.75) is 38.8 Å². The van der Waals surface area contributed by atoms with Crippen LogP contribution < -0.4 is 9.64 Å². The summed E-state index contributed by atoms with van der Waals surface area (Å²) in [6.45, 7) is 5.14. The van der Waals surface area contributed by atoms with Crippen LogP contribution >= 0.6 is 0 Å². The molecule has 1 fully saturated rings. The Morgan fingerprint density at radius 1 is 0.976 bits per heavy atom. The van der Waals surface area contributed by atoms with Gasteiger partial charge in [0.2, 0.25) is 0 Å². The van der Waals surface area contributed by atoms with Crippen LogP contribution in [0.25, 0.3) is 0 Å². The fourth-order valence-electron chi connectivity index (χ4n) is 5.12. The first-order valence-electron chi connectivity index (χ1n) is 13.4. The van der Waals surface area contributed by atoms with E-state index < -0.39 is 29.1 Å². The van der Waals surface area contributed by atoms with Crippen molar-refractivity contribution in [1.82, 2.24) is 9.80 Å². The van der Waals surface area contributed by atoms with Crippen molar-refractivity contribution in [2.24, 2.45) is 0 Å². The normalized spacial score (nSPS) is 16.4. The van der Waals surface area contributed by atoms with Gasteiger partial charge in [-0.3, -0.25) is 19.3 Å². The number of nitrogens with zero attached hydrogens (tertiary/aromatic N) is 4. The van der Waals surface area contributed by atoms with Gasteiger partial charge < -0.3 is 9.64 Å². The van der Waals surface area contributed by atoms with E-state index in [9.17, 15) is 27.6 Å². The van der Waals surface area contributed by atoms with Crippen molar-refractivity contribution in [3.63, 3.8) is 0 Å². The Kier molecular flexibility index (Phi) is 9.13. The van der Waals surface area contributed by atoms with Crippen LogP contribution in [0.5, 0.6) is 5.75 Å². The van der Waals surface area contributed by atoms with Gasteiger partial charge in [-0.05, 0) is 75.2 Å². The number of benzene rings is 2.